The van der Waals surface area contributed by atoms with Crippen LogP contribution < -0.4 is 0 Å². The molecule has 0 saturated heterocycles. The van der Waals surface area contributed by atoms with E-state index < -0.39 is 0 Å². The molecule has 104 valence electrons. The number of rotatable bonds is 0. The van der Waals surface area contributed by atoms with Gasteiger partial charge >= 0.3 is 0 Å². The van der Waals surface area contributed by atoms with Gasteiger partial charge < -0.3 is 0 Å². The Labute approximate surface area is 121 Å². The lowest BCUT2D eigenvalue weighted by molar-refractivity contribution is 0.507. The van der Waals surface area contributed by atoms with Crippen LogP contribution in [-0.4, -0.2) is 9.97 Å². The van der Waals surface area contributed by atoms with Gasteiger partial charge in [-0.2, -0.15) is 0 Å². The van der Waals surface area contributed by atoms with Gasteiger partial charge in [-0.3, -0.25) is 9.97 Å². The molecule has 2 heteroatoms. The molecule has 0 aromatic carbocycles. The van der Waals surface area contributed by atoms with Crippen LogP contribution >= 0.6 is 0 Å². The molecule has 0 bridgehead atoms. The molecule has 2 heterocycles. The fraction of sp³-hybridized carbons (Fsp3) is 0.444. The Balaban J connectivity index is 2.40. The molecule has 0 spiro atoms. The standard InChI is InChI=1S/C18H22N2/c1-10-8-19-16-14(12(10)3)7-18(5,6)15-13(4)11(2)9-20-17(15)16/h8-9H,7H2,1-6H3. The first-order chi connectivity index (χ1) is 9.33. The molecule has 2 aromatic heterocycles. The van der Waals surface area contributed by atoms with Crippen LogP contribution in [0.1, 0.15) is 47.2 Å². The van der Waals surface area contributed by atoms with E-state index in [0.717, 1.165) is 17.8 Å². The fourth-order valence-corrected chi connectivity index (χ4v) is 3.41. The van der Waals surface area contributed by atoms with Crippen LogP contribution in [0.4, 0.5) is 0 Å². The first kappa shape index (κ1) is 13.3. The summed E-state index contributed by atoms with van der Waals surface area (Å²) >= 11 is 0. The summed E-state index contributed by atoms with van der Waals surface area (Å²) in [5.41, 5.74) is 10.3. The number of pyridine rings is 2. The van der Waals surface area contributed by atoms with Gasteiger partial charge in [0.1, 0.15) is 0 Å². The van der Waals surface area contributed by atoms with Gasteiger partial charge in [-0.25, -0.2) is 0 Å². The third-order valence-corrected chi connectivity index (χ3v) is 4.83. The number of nitrogens with zero attached hydrogens (tertiary/aromatic N) is 2. The van der Waals surface area contributed by atoms with Crippen molar-refractivity contribution in [3.63, 3.8) is 0 Å². The van der Waals surface area contributed by atoms with E-state index in [1.54, 1.807) is 0 Å². The van der Waals surface area contributed by atoms with E-state index in [1.165, 1.54) is 33.4 Å². The molecule has 20 heavy (non-hydrogen) atoms. The first-order valence-corrected chi connectivity index (χ1v) is 7.25. The second-order valence-corrected chi connectivity index (χ2v) is 6.74. The van der Waals surface area contributed by atoms with E-state index >= 15 is 0 Å². The van der Waals surface area contributed by atoms with Crippen molar-refractivity contribution in [3.8, 4) is 11.4 Å². The maximum Gasteiger partial charge on any atom is 0.0929 e. The zero-order valence-electron chi connectivity index (χ0n) is 13.3. The van der Waals surface area contributed by atoms with Gasteiger partial charge in [-0.1, -0.05) is 13.8 Å². The maximum atomic E-state index is 4.72. The van der Waals surface area contributed by atoms with Crippen molar-refractivity contribution in [2.75, 3.05) is 0 Å². The van der Waals surface area contributed by atoms with Crippen LogP contribution in [0.25, 0.3) is 11.4 Å². The quantitative estimate of drug-likeness (QED) is 0.714. The predicted octanol–water partition coefficient (Wildman–Crippen LogP) is 4.21. The van der Waals surface area contributed by atoms with Gasteiger partial charge in [-0.05, 0) is 72.9 Å². The number of hydrogen-bond donors (Lipinski definition) is 0. The van der Waals surface area contributed by atoms with E-state index in [1.807, 2.05) is 12.4 Å². The van der Waals surface area contributed by atoms with Gasteiger partial charge in [-0.15, -0.1) is 0 Å². The molecule has 0 saturated carbocycles. The third-order valence-electron chi connectivity index (χ3n) is 4.83. The second kappa shape index (κ2) is 4.15. The molecule has 0 aliphatic heterocycles. The molecule has 2 aromatic rings. The summed E-state index contributed by atoms with van der Waals surface area (Å²) in [5.74, 6) is 0. The highest BCUT2D eigenvalue weighted by Crippen LogP contribution is 2.44. The molecule has 0 atom stereocenters. The molecule has 0 radical (unpaired) electrons. The minimum absolute atomic E-state index is 0.117. The fourth-order valence-electron chi connectivity index (χ4n) is 3.41. The van der Waals surface area contributed by atoms with E-state index in [0.29, 0.717) is 0 Å². The Morgan fingerprint density at radius 1 is 0.850 bits per heavy atom. The first-order valence-electron chi connectivity index (χ1n) is 7.25. The van der Waals surface area contributed by atoms with Crippen molar-refractivity contribution in [2.45, 2.75) is 53.4 Å². The molecule has 0 unspecified atom stereocenters. The SMILES string of the molecule is Cc1cnc2c(c1C)CC(C)(C)c1c-2ncc(C)c1C. The van der Waals surface area contributed by atoms with Gasteiger partial charge in [0, 0.05) is 12.4 Å². The average Bonchev–Trinajstić information content (AvgIpc) is 2.38. The molecule has 0 N–H and O–H groups in total. The Morgan fingerprint density at radius 2 is 1.40 bits per heavy atom. The Morgan fingerprint density at radius 3 is 2.05 bits per heavy atom. The molecular formula is C18H22N2. The monoisotopic (exact) mass is 266 g/mol. The van der Waals surface area contributed by atoms with Crippen LogP contribution in [0.15, 0.2) is 12.4 Å². The Bertz CT molecular complexity index is 712. The second-order valence-electron chi connectivity index (χ2n) is 6.74. The number of aryl methyl sites for hydroxylation is 2. The van der Waals surface area contributed by atoms with Crippen LogP contribution in [0, 0.1) is 27.7 Å². The molecule has 1 aliphatic carbocycles. The summed E-state index contributed by atoms with van der Waals surface area (Å²) in [7, 11) is 0. The summed E-state index contributed by atoms with van der Waals surface area (Å²) in [6.45, 7) is 13.3. The van der Waals surface area contributed by atoms with Crippen LogP contribution in [0.5, 0.6) is 0 Å². The molecule has 3 rings (SSSR count). The molecule has 0 amide bonds. The lowest BCUT2D eigenvalue weighted by atomic mass is 9.70. The van der Waals surface area contributed by atoms with Crippen LogP contribution in [-0.2, 0) is 11.8 Å². The van der Waals surface area contributed by atoms with Gasteiger partial charge in [0.05, 0.1) is 11.4 Å². The van der Waals surface area contributed by atoms with Crippen molar-refractivity contribution >= 4 is 0 Å². The maximum absolute atomic E-state index is 4.72. The largest absolute Gasteiger partial charge is 0.254 e. The van der Waals surface area contributed by atoms with Crippen LogP contribution in [0.3, 0.4) is 0 Å². The number of fused-ring (bicyclic) bond motifs is 3. The lowest BCUT2D eigenvalue weighted by Gasteiger charge is -2.35. The van der Waals surface area contributed by atoms with E-state index in [-0.39, 0.29) is 5.41 Å². The van der Waals surface area contributed by atoms with E-state index in [2.05, 4.69) is 41.5 Å². The average molecular weight is 266 g/mol. The summed E-state index contributed by atoms with van der Waals surface area (Å²) in [6.07, 6.45) is 5.01. The van der Waals surface area contributed by atoms with Crippen molar-refractivity contribution < 1.29 is 0 Å². The highest BCUT2D eigenvalue weighted by atomic mass is 14.8. The minimum atomic E-state index is 0.117. The summed E-state index contributed by atoms with van der Waals surface area (Å²) < 4.78 is 0. The zero-order chi connectivity index (χ0) is 14.7. The molecule has 2 nitrogen and oxygen atoms in total. The number of aromatic nitrogens is 2. The Kier molecular flexibility index (Phi) is 2.75. The summed E-state index contributed by atoms with van der Waals surface area (Å²) in [5, 5.41) is 0. The molecule has 1 aliphatic rings. The van der Waals surface area contributed by atoms with Crippen molar-refractivity contribution in [3.05, 3.63) is 45.8 Å². The van der Waals surface area contributed by atoms with Gasteiger partial charge in [0.25, 0.3) is 0 Å². The molecular weight excluding hydrogens is 244 g/mol. The lowest BCUT2D eigenvalue weighted by Crippen LogP contribution is -2.29. The minimum Gasteiger partial charge on any atom is -0.254 e. The normalized spacial score (nSPS) is 15.7. The highest BCUT2D eigenvalue weighted by Gasteiger charge is 2.35. The zero-order valence-corrected chi connectivity index (χ0v) is 13.3. The third kappa shape index (κ3) is 1.71. The topological polar surface area (TPSA) is 25.8 Å². The summed E-state index contributed by atoms with van der Waals surface area (Å²) in [4.78, 5) is 9.42. The van der Waals surface area contributed by atoms with Crippen molar-refractivity contribution in [1.82, 2.24) is 9.97 Å². The smallest absolute Gasteiger partial charge is 0.0929 e. The van der Waals surface area contributed by atoms with Crippen LogP contribution in [0.2, 0.25) is 0 Å². The van der Waals surface area contributed by atoms with E-state index in [4.69, 9.17) is 9.97 Å². The van der Waals surface area contributed by atoms with Crippen molar-refractivity contribution in [2.24, 2.45) is 0 Å². The Hall–Kier alpha value is -1.70. The predicted molar refractivity (Wildman–Crippen MR) is 83.1 cm³/mol. The molecule has 0 fully saturated rings. The van der Waals surface area contributed by atoms with Gasteiger partial charge in [0.2, 0.25) is 0 Å². The number of hydrogen-bond acceptors (Lipinski definition) is 2. The van der Waals surface area contributed by atoms with E-state index in [9.17, 15) is 0 Å². The van der Waals surface area contributed by atoms with Crippen molar-refractivity contribution in [1.29, 1.82) is 0 Å². The van der Waals surface area contributed by atoms with Gasteiger partial charge in [0.15, 0.2) is 0 Å². The summed E-state index contributed by atoms with van der Waals surface area (Å²) in [6, 6.07) is 0. The highest BCUT2D eigenvalue weighted by molar-refractivity contribution is 5.71.